The number of carbonyl (C=O) groups excluding carboxylic acids is 2. The molecule has 1 fully saturated rings. The van der Waals surface area contributed by atoms with Gasteiger partial charge in [-0.25, -0.2) is 4.79 Å². The van der Waals surface area contributed by atoms with Gasteiger partial charge in [-0.1, -0.05) is 11.6 Å². The normalized spacial score (nSPS) is 15.9. The van der Waals surface area contributed by atoms with Gasteiger partial charge in [-0.05, 0) is 25.0 Å². The van der Waals surface area contributed by atoms with Crippen LogP contribution >= 0.6 is 22.9 Å². The molecule has 0 aromatic carbocycles. The quantitative estimate of drug-likeness (QED) is 0.926. The van der Waals surface area contributed by atoms with Crippen LogP contribution in [0.3, 0.4) is 0 Å². The number of piperidine rings is 1. The summed E-state index contributed by atoms with van der Waals surface area (Å²) >= 11 is 7.37. The molecule has 5 nitrogen and oxygen atoms in total. The first-order chi connectivity index (χ1) is 9.95. The van der Waals surface area contributed by atoms with Gasteiger partial charge in [0, 0.05) is 38.0 Å². The van der Waals surface area contributed by atoms with Gasteiger partial charge in [0.15, 0.2) is 0 Å². The minimum Gasteiger partial charge on any atom is -0.343 e. The Labute approximate surface area is 133 Å². The van der Waals surface area contributed by atoms with E-state index < -0.39 is 0 Å². The summed E-state index contributed by atoms with van der Waals surface area (Å²) in [5, 5.41) is 3.03. The fraction of sp³-hybridized carbons (Fsp3) is 0.571. The molecule has 3 amide bonds. The number of halogens is 1. The Bertz CT molecular complexity index is 512. The minimum atomic E-state index is -0.0826. The molecule has 2 heterocycles. The first-order valence-electron chi connectivity index (χ1n) is 6.97. The van der Waals surface area contributed by atoms with Crippen LogP contribution in [0.2, 0.25) is 4.34 Å². The van der Waals surface area contributed by atoms with Crippen molar-refractivity contribution in [3.8, 4) is 0 Å². The van der Waals surface area contributed by atoms with E-state index in [1.165, 1.54) is 11.3 Å². The molecule has 0 spiro atoms. The van der Waals surface area contributed by atoms with Crippen molar-refractivity contribution in [3.05, 3.63) is 21.3 Å². The molecule has 1 N–H and O–H groups in total. The zero-order valence-corrected chi connectivity index (χ0v) is 13.8. The summed E-state index contributed by atoms with van der Waals surface area (Å²) in [7, 11) is 1.77. The summed E-state index contributed by atoms with van der Waals surface area (Å²) in [5.41, 5.74) is 0. The number of likely N-dealkylation sites (tertiary alicyclic amines) is 1. The highest BCUT2D eigenvalue weighted by molar-refractivity contribution is 7.16. The summed E-state index contributed by atoms with van der Waals surface area (Å²) in [6.07, 6.45) is 1.62. The number of rotatable bonds is 3. The highest BCUT2D eigenvalue weighted by Gasteiger charge is 2.23. The van der Waals surface area contributed by atoms with Crippen molar-refractivity contribution >= 4 is 34.9 Å². The van der Waals surface area contributed by atoms with Gasteiger partial charge in [0.2, 0.25) is 5.91 Å². The van der Waals surface area contributed by atoms with Crippen molar-refractivity contribution in [3.63, 3.8) is 0 Å². The summed E-state index contributed by atoms with van der Waals surface area (Å²) in [5.74, 6) is 0.103. The molecule has 116 valence electrons. The van der Waals surface area contributed by atoms with Crippen LogP contribution in [0, 0.1) is 0 Å². The van der Waals surface area contributed by atoms with Crippen molar-refractivity contribution in [1.82, 2.24) is 15.1 Å². The van der Waals surface area contributed by atoms with Gasteiger partial charge in [0.05, 0.1) is 10.9 Å². The summed E-state index contributed by atoms with van der Waals surface area (Å²) < 4.78 is 0.732. The highest BCUT2D eigenvalue weighted by Crippen LogP contribution is 2.22. The van der Waals surface area contributed by atoms with E-state index >= 15 is 0 Å². The van der Waals surface area contributed by atoms with Crippen LogP contribution in [-0.4, -0.2) is 47.9 Å². The second kappa shape index (κ2) is 7.13. The second-order valence-electron chi connectivity index (χ2n) is 5.29. The Morgan fingerprint density at radius 2 is 2.10 bits per heavy atom. The number of carbonyl (C=O) groups is 2. The topological polar surface area (TPSA) is 52.7 Å². The molecule has 1 saturated heterocycles. The van der Waals surface area contributed by atoms with E-state index in [-0.39, 0.29) is 18.0 Å². The standard InChI is InChI=1S/C14H20ClN3O2S/c1-10(19)18-7-5-11(6-8-18)16-14(20)17(2)9-12-3-4-13(15)21-12/h3-4,11H,5-9H2,1-2H3,(H,16,20). The van der Waals surface area contributed by atoms with Crippen LogP contribution in [0.5, 0.6) is 0 Å². The number of nitrogens with zero attached hydrogens (tertiary/aromatic N) is 2. The van der Waals surface area contributed by atoms with Crippen molar-refractivity contribution in [1.29, 1.82) is 0 Å². The van der Waals surface area contributed by atoms with E-state index in [4.69, 9.17) is 11.6 Å². The Kier molecular flexibility index (Phi) is 5.47. The Balaban J connectivity index is 1.77. The number of nitrogens with one attached hydrogen (secondary N) is 1. The SMILES string of the molecule is CC(=O)N1CCC(NC(=O)N(C)Cc2ccc(Cl)s2)CC1. The van der Waals surface area contributed by atoms with E-state index in [1.54, 1.807) is 18.9 Å². The number of urea groups is 1. The number of hydrogen-bond acceptors (Lipinski definition) is 3. The smallest absolute Gasteiger partial charge is 0.317 e. The molecular weight excluding hydrogens is 310 g/mol. The third-order valence-corrected chi connectivity index (χ3v) is 4.85. The van der Waals surface area contributed by atoms with Gasteiger partial charge in [0.25, 0.3) is 0 Å². The van der Waals surface area contributed by atoms with Gasteiger partial charge in [-0.3, -0.25) is 4.79 Å². The Morgan fingerprint density at radius 3 is 2.62 bits per heavy atom. The van der Waals surface area contributed by atoms with Crippen molar-refractivity contribution < 1.29 is 9.59 Å². The number of hydrogen-bond donors (Lipinski definition) is 1. The van der Waals surface area contributed by atoms with Crippen LogP contribution in [0.4, 0.5) is 4.79 Å². The predicted octanol–water partition coefficient (Wildman–Crippen LogP) is 2.55. The minimum absolute atomic E-state index is 0.0826. The lowest BCUT2D eigenvalue weighted by atomic mass is 10.1. The molecular formula is C14H20ClN3O2S. The molecule has 0 saturated carbocycles. The molecule has 0 bridgehead atoms. The molecule has 2 rings (SSSR count). The van der Waals surface area contributed by atoms with Gasteiger partial charge in [-0.2, -0.15) is 0 Å². The van der Waals surface area contributed by atoms with Gasteiger partial charge in [-0.15, -0.1) is 11.3 Å². The van der Waals surface area contributed by atoms with E-state index in [2.05, 4.69) is 5.32 Å². The largest absolute Gasteiger partial charge is 0.343 e. The zero-order chi connectivity index (χ0) is 15.4. The maximum absolute atomic E-state index is 12.1. The molecule has 0 atom stereocenters. The number of amides is 3. The van der Waals surface area contributed by atoms with Gasteiger partial charge >= 0.3 is 6.03 Å². The van der Waals surface area contributed by atoms with Crippen LogP contribution < -0.4 is 5.32 Å². The van der Waals surface area contributed by atoms with E-state index in [1.807, 2.05) is 17.0 Å². The lowest BCUT2D eigenvalue weighted by Gasteiger charge is -2.32. The van der Waals surface area contributed by atoms with Crippen LogP contribution in [0.15, 0.2) is 12.1 Å². The second-order valence-corrected chi connectivity index (χ2v) is 7.09. The van der Waals surface area contributed by atoms with Gasteiger partial charge in [0.1, 0.15) is 0 Å². The van der Waals surface area contributed by atoms with Crippen LogP contribution in [0.25, 0.3) is 0 Å². The maximum atomic E-state index is 12.1. The molecule has 7 heteroatoms. The molecule has 0 aliphatic carbocycles. The molecule has 0 radical (unpaired) electrons. The summed E-state index contributed by atoms with van der Waals surface area (Å²) in [6.45, 7) is 3.56. The third kappa shape index (κ3) is 4.61. The number of thiophene rings is 1. The Morgan fingerprint density at radius 1 is 1.43 bits per heavy atom. The lowest BCUT2D eigenvalue weighted by molar-refractivity contribution is -0.129. The first-order valence-corrected chi connectivity index (χ1v) is 8.16. The molecule has 21 heavy (non-hydrogen) atoms. The molecule has 1 aliphatic rings. The highest BCUT2D eigenvalue weighted by atomic mass is 35.5. The summed E-state index contributed by atoms with van der Waals surface area (Å²) in [6, 6.07) is 3.83. The fourth-order valence-electron chi connectivity index (χ4n) is 2.37. The fourth-order valence-corrected chi connectivity index (χ4v) is 3.51. The first kappa shape index (κ1) is 16.1. The molecule has 1 aromatic rings. The van der Waals surface area contributed by atoms with E-state index in [0.29, 0.717) is 19.6 Å². The van der Waals surface area contributed by atoms with Crippen molar-refractivity contribution in [2.45, 2.75) is 32.4 Å². The van der Waals surface area contributed by atoms with Gasteiger partial charge < -0.3 is 15.1 Å². The summed E-state index contributed by atoms with van der Waals surface area (Å²) in [4.78, 5) is 27.9. The van der Waals surface area contributed by atoms with E-state index in [9.17, 15) is 9.59 Å². The maximum Gasteiger partial charge on any atom is 0.317 e. The third-order valence-electron chi connectivity index (χ3n) is 3.64. The predicted molar refractivity (Wildman–Crippen MR) is 84.6 cm³/mol. The zero-order valence-electron chi connectivity index (χ0n) is 12.3. The average Bonchev–Trinajstić information content (AvgIpc) is 2.84. The van der Waals surface area contributed by atoms with E-state index in [0.717, 1.165) is 22.1 Å². The molecule has 1 aliphatic heterocycles. The lowest BCUT2D eigenvalue weighted by Crippen LogP contribution is -2.48. The van der Waals surface area contributed by atoms with Crippen molar-refractivity contribution in [2.24, 2.45) is 0 Å². The Hall–Kier alpha value is -1.27. The molecule has 1 aromatic heterocycles. The monoisotopic (exact) mass is 329 g/mol. The van der Waals surface area contributed by atoms with Crippen LogP contribution in [-0.2, 0) is 11.3 Å². The molecule has 0 unspecified atom stereocenters. The average molecular weight is 330 g/mol. The van der Waals surface area contributed by atoms with Crippen LogP contribution in [0.1, 0.15) is 24.6 Å². The van der Waals surface area contributed by atoms with Crippen molar-refractivity contribution in [2.75, 3.05) is 20.1 Å².